The third-order valence-corrected chi connectivity index (χ3v) is 16.0. The van der Waals surface area contributed by atoms with E-state index in [0.717, 1.165) is 20.8 Å². The topological polar surface area (TPSA) is 49.3 Å². The summed E-state index contributed by atoms with van der Waals surface area (Å²) >= 11 is 0. The van der Waals surface area contributed by atoms with Gasteiger partial charge in [0.15, 0.2) is 0 Å². The van der Waals surface area contributed by atoms with Crippen LogP contribution in [0.5, 0.6) is 0 Å². The van der Waals surface area contributed by atoms with E-state index < -0.39 is 7.26 Å². The van der Waals surface area contributed by atoms with Crippen molar-refractivity contribution in [3.05, 3.63) is 54.1 Å². The van der Waals surface area contributed by atoms with Crippen molar-refractivity contribution in [2.75, 3.05) is 32.7 Å². The lowest BCUT2D eigenvalue weighted by molar-refractivity contribution is -0.693. The van der Waals surface area contributed by atoms with E-state index in [0.29, 0.717) is 12.0 Å². The van der Waals surface area contributed by atoms with Crippen LogP contribution in [0.3, 0.4) is 0 Å². The molecule has 0 saturated heterocycles. The van der Waals surface area contributed by atoms with Gasteiger partial charge >= 0.3 is 0 Å². The first-order valence-corrected chi connectivity index (χ1v) is 21.6. The molecule has 1 heterocycles. The fraction of sp³-hybridized carbons (Fsp3) is 0.786. The second-order valence-corrected chi connectivity index (χ2v) is 20.5. The Kier molecular flexibility index (Phi) is 21.9. The molecule has 274 valence electrons. The maximum absolute atomic E-state index is 7.00. The van der Waals surface area contributed by atoms with Gasteiger partial charge in [-0.2, -0.15) is 0 Å². The van der Waals surface area contributed by atoms with Gasteiger partial charge in [-0.15, -0.1) is 0 Å². The highest BCUT2D eigenvalue weighted by molar-refractivity contribution is 7.75. The number of aromatic nitrogens is 2. The molecule has 1 aromatic carbocycles. The molecule has 0 radical (unpaired) electrons. The number of rotatable bonds is 20. The number of aliphatic hydroxyl groups excluding tert-OH is 2. The number of nitrogens with zero attached hydrogens (tertiary/aromatic N) is 2. The van der Waals surface area contributed by atoms with E-state index in [2.05, 4.69) is 135 Å². The Morgan fingerprint density at radius 2 is 1.21 bits per heavy atom. The van der Waals surface area contributed by atoms with Gasteiger partial charge in [0.05, 0.1) is 31.2 Å². The van der Waals surface area contributed by atoms with Crippen LogP contribution in [0.2, 0.25) is 0 Å². The van der Waals surface area contributed by atoms with Crippen LogP contribution >= 0.6 is 7.26 Å². The van der Waals surface area contributed by atoms with Crippen LogP contribution in [0, 0.1) is 16.2 Å². The Hall–Kier alpha value is -1.22. The molecular weight excluding hydrogens is 595 g/mol. The van der Waals surface area contributed by atoms with Crippen LogP contribution in [-0.4, -0.2) is 47.5 Å². The average molecular weight is 677 g/mol. The molecule has 0 aliphatic heterocycles. The molecule has 0 amide bonds. The number of aryl methyl sites for hydroxylation is 1. The van der Waals surface area contributed by atoms with E-state index in [9.17, 15) is 0 Å². The SMILES string of the molecule is CCCC[P+](CCCC)(CCCC)Cc1ccc(C(CC(C)(C)C(C)(C)C(CCC)n2cc[n+](CC)c2)C(C)(C)C)cc1.CO.CO. The largest absolute Gasteiger partial charge is 0.400 e. The number of unbranched alkanes of at least 4 members (excludes halogenated alkanes) is 3. The molecule has 2 unspecified atom stereocenters. The fourth-order valence-electron chi connectivity index (χ4n) is 7.38. The molecule has 2 N–H and O–H groups in total. The highest BCUT2D eigenvalue weighted by Crippen LogP contribution is 2.63. The Morgan fingerprint density at radius 3 is 1.60 bits per heavy atom. The summed E-state index contributed by atoms with van der Waals surface area (Å²) in [7, 11) is 1.05. The fourth-order valence-corrected chi connectivity index (χ4v) is 12.5. The lowest BCUT2D eigenvalue weighted by Gasteiger charge is -2.49. The van der Waals surface area contributed by atoms with E-state index in [1.54, 1.807) is 5.56 Å². The zero-order valence-corrected chi connectivity index (χ0v) is 34.7. The summed E-state index contributed by atoms with van der Waals surface area (Å²) in [5.41, 5.74) is 3.64. The van der Waals surface area contributed by atoms with Gasteiger partial charge in [0.1, 0.15) is 18.4 Å². The van der Waals surface area contributed by atoms with Gasteiger partial charge in [-0.3, -0.25) is 0 Å². The highest BCUT2D eigenvalue weighted by atomic mass is 31.2. The second-order valence-electron chi connectivity index (χ2n) is 16.2. The summed E-state index contributed by atoms with van der Waals surface area (Å²) < 4.78 is 4.83. The van der Waals surface area contributed by atoms with E-state index in [1.165, 1.54) is 88.0 Å². The van der Waals surface area contributed by atoms with Crippen LogP contribution in [0.15, 0.2) is 43.0 Å². The van der Waals surface area contributed by atoms with Crippen molar-refractivity contribution in [1.82, 2.24) is 4.57 Å². The first kappa shape index (κ1) is 45.8. The van der Waals surface area contributed by atoms with Crippen molar-refractivity contribution in [1.29, 1.82) is 0 Å². The normalized spacial score (nSPS) is 13.7. The van der Waals surface area contributed by atoms with Crippen molar-refractivity contribution in [2.45, 2.75) is 166 Å². The predicted molar refractivity (Wildman–Crippen MR) is 211 cm³/mol. The molecule has 47 heavy (non-hydrogen) atoms. The van der Waals surface area contributed by atoms with E-state index in [4.69, 9.17) is 10.2 Å². The smallest absolute Gasteiger partial charge is 0.243 e. The number of benzene rings is 1. The molecule has 4 nitrogen and oxygen atoms in total. The molecule has 0 fully saturated rings. The molecule has 0 saturated carbocycles. The van der Waals surface area contributed by atoms with Gasteiger partial charge in [-0.1, -0.05) is 126 Å². The molecule has 2 aromatic rings. The molecule has 0 bridgehead atoms. The minimum absolute atomic E-state index is 0.138. The second kappa shape index (κ2) is 22.5. The van der Waals surface area contributed by atoms with Crippen LogP contribution in [0.1, 0.15) is 164 Å². The lowest BCUT2D eigenvalue weighted by atomic mass is 9.57. The van der Waals surface area contributed by atoms with Gasteiger partial charge in [-0.05, 0) is 66.9 Å². The van der Waals surface area contributed by atoms with Crippen molar-refractivity contribution in [3.8, 4) is 0 Å². The summed E-state index contributed by atoms with van der Waals surface area (Å²) in [6, 6.07) is 10.6. The standard InChI is InChI=1S/C40H73N2P.2CH4O/c1-13-18-28-43(29-19-14-2,30-20-15-3)32-34-22-24-35(25-23-34)36(38(6,7)8)31-39(9,10)40(11,12)37(21-16-4)42-27-26-41(17-5)33-42;2*1-2/h22-27,33,36-37H,13-21,28-32H2,1-12H3;2*2H,1H3/q+2;;. The number of aliphatic hydroxyl groups is 2. The number of hydrogen-bond acceptors (Lipinski definition) is 2. The summed E-state index contributed by atoms with van der Waals surface area (Å²) in [4.78, 5) is 0. The van der Waals surface area contributed by atoms with Crippen molar-refractivity contribution < 1.29 is 14.8 Å². The molecular formula is C42H81N2O2P+2. The number of imidazole rings is 1. The Morgan fingerprint density at radius 1 is 0.723 bits per heavy atom. The molecule has 2 atom stereocenters. The molecule has 0 spiro atoms. The minimum atomic E-state index is -0.946. The third-order valence-electron chi connectivity index (χ3n) is 11.2. The Balaban J connectivity index is 0.00000508. The average Bonchev–Trinajstić information content (AvgIpc) is 3.53. The van der Waals surface area contributed by atoms with Crippen molar-refractivity contribution in [3.63, 3.8) is 0 Å². The third kappa shape index (κ3) is 13.9. The van der Waals surface area contributed by atoms with Crippen molar-refractivity contribution in [2.24, 2.45) is 16.2 Å². The van der Waals surface area contributed by atoms with E-state index in [1.807, 2.05) is 0 Å². The lowest BCUT2D eigenvalue weighted by Crippen LogP contribution is -2.42. The first-order chi connectivity index (χ1) is 22.2. The molecule has 0 aliphatic carbocycles. The van der Waals surface area contributed by atoms with Gasteiger partial charge in [-0.25, -0.2) is 9.13 Å². The maximum Gasteiger partial charge on any atom is 0.243 e. The van der Waals surface area contributed by atoms with Crippen LogP contribution in [0.25, 0.3) is 0 Å². The summed E-state index contributed by atoms with van der Waals surface area (Å²) in [5, 5.41) is 14.0. The molecule has 0 aliphatic rings. The van der Waals surface area contributed by atoms with Crippen LogP contribution in [0.4, 0.5) is 0 Å². The minimum Gasteiger partial charge on any atom is -0.400 e. The van der Waals surface area contributed by atoms with Crippen LogP contribution < -0.4 is 4.57 Å². The van der Waals surface area contributed by atoms with E-state index in [-0.39, 0.29) is 16.2 Å². The first-order valence-electron chi connectivity index (χ1n) is 19.1. The number of hydrogen-bond donors (Lipinski definition) is 2. The van der Waals surface area contributed by atoms with Gasteiger partial charge in [0, 0.05) is 26.9 Å². The van der Waals surface area contributed by atoms with Gasteiger partial charge in [0.25, 0.3) is 0 Å². The highest BCUT2D eigenvalue weighted by Gasteiger charge is 2.48. The summed E-state index contributed by atoms with van der Waals surface area (Å²) in [5.74, 6) is 0.517. The monoisotopic (exact) mass is 677 g/mol. The summed E-state index contributed by atoms with van der Waals surface area (Å²) in [6.45, 7) is 30.3. The summed E-state index contributed by atoms with van der Waals surface area (Å²) in [6.07, 6.45) is 24.6. The zero-order chi connectivity index (χ0) is 36.3. The van der Waals surface area contributed by atoms with Crippen LogP contribution in [-0.2, 0) is 12.7 Å². The molecule has 2 rings (SSSR count). The molecule has 5 heteroatoms. The Bertz CT molecular complexity index is 1030. The quantitative estimate of drug-likeness (QED) is 0.108. The van der Waals surface area contributed by atoms with Gasteiger partial charge < -0.3 is 10.2 Å². The molecule has 1 aromatic heterocycles. The van der Waals surface area contributed by atoms with Crippen molar-refractivity contribution >= 4 is 7.26 Å². The maximum atomic E-state index is 7.00. The van der Waals surface area contributed by atoms with Gasteiger partial charge in [0.2, 0.25) is 6.33 Å². The zero-order valence-electron chi connectivity index (χ0n) is 33.8. The van der Waals surface area contributed by atoms with E-state index >= 15 is 0 Å². The Labute approximate surface area is 294 Å². The predicted octanol–water partition coefficient (Wildman–Crippen LogP) is 11.5.